The second-order valence-electron chi connectivity index (χ2n) is 15.3. The monoisotopic (exact) mass is 749 g/mol. The van der Waals surface area contributed by atoms with E-state index in [1.54, 1.807) is 0 Å². The number of benzene rings is 11. The van der Waals surface area contributed by atoms with Crippen molar-refractivity contribution >= 4 is 60.2 Å². The van der Waals surface area contributed by atoms with Crippen LogP contribution in [-0.4, -0.2) is 0 Å². The Labute approximate surface area is 344 Å². The van der Waals surface area contributed by atoms with Gasteiger partial charge in [0.1, 0.15) is 0 Å². The Bertz CT molecular complexity index is 3290. The first-order valence-corrected chi connectivity index (χ1v) is 20.3. The summed E-state index contributed by atoms with van der Waals surface area (Å²) in [6.45, 7) is 0. The molecular weight excluding hydrogens is 711 g/mol. The van der Waals surface area contributed by atoms with Crippen LogP contribution in [0.5, 0.6) is 0 Å². The molecule has 1 heteroatoms. The zero-order valence-corrected chi connectivity index (χ0v) is 32.5. The molecule has 59 heavy (non-hydrogen) atoms. The lowest BCUT2D eigenvalue weighted by molar-refractivity contribution is 1.30. The van der Waals surface area contributed by atoms with Crippen molar-refractivity contribution in [2.75, 3.05) is 4.90 Å². The smallest absolute Gasteiger partial charge is 0.0540 e. The standard InChI is InChI=1S/C58H39N/c1-3-13-40(14-4-1)42-25-27-43(28-26-42)44-29-32-47(33-30-44)59(48-19-11-18-46(39-48)41-15-5-2-6-16-41)58-38-37-56(52-21-9-10-22-57(52)58)51-24-12-23-50-54-34-31-45-17-7-8-20-49(45)53(54)35-36-55(50)51/h1-39H. The first-order valence-electron chi connectivity index (χ1n) is 20.3. The average molecular weight is 750 g/mol. The highest BCUT2D eigenvalue weighted by atomic mass is 15.1. The highest BCUT2D eigenvalue weighted by Crippen LogP contribution is 2.45. The summed E-state index contributed by atoms with van der Waals surface area (Å²) in [7, 11) is 0. The number of nitrogens with zero attached hydrogens (tertiary/aromatic N) is 1. The van der Waals surface area contributed by atoms with Crippen LogP contribution in [0.25, 0.3) is 87.6 Å². The molecule has 11 aromatic carbocycles. The maximum atomic E-state index is 2.42. The molecule has 0 saturated carbocycles. The van der Waals surface area contributed by atoms with Crippen molar-refractivity contribution in [1.82, 2.24) is 0 Å². The van der Waals surface area contributed by atoms with Gasteiger partial charge in [0, 0.05) is 16.8 Å². The number of fused-ring (bicyclic) bond motifs is 6. The molecule has 0 radical (unpaired) electrons. The third-order valence-electron chi connectivity index (χ3n) is 11.9. The predicted molar refractivity (Wildman–Crippen MR) is 253 cm³/mol. The molecular formula is C58H39N. The van der Waals surface area contributed by atoms with Crippen molar-refractivity contribution in [3.8, 4) is 44.5 Å². The maximum Gasteiger partial charge on any atom is 0.0540 e. The summed E-state index contributed by atoms with van der Waals surface area (Å²) in [6, 6.07) is 86.2. The molecule has 0 atom stereocenters. The third-order valence-corrected chi connectivity index (χ3v) is 11.9. The molecule has 11 rings (SSSR count). The lowest BCUT2D eigenvalue weighted by atomic mass is 9.90. The first kappa shape index (κ1) is 34.5. The summed E-state index contributed by atoms with van der Waals surface area (Å²) in [5.41, 5.74) is 13.0. The largest absolute Gasteiger partial charge is 0.310 e. The number of rotatable bonds is 7. The van der Waals surface area contributed by atoms with Crippen LogP contribution in [-0.2, 0) is 0 Å². The minimum atomic E-state index is 1.10. The van der Waals surface area contributed by atoms with E-state index in [-0.39, 0.29) is 0 Å². The predicted octanol–water partition coefficient (Wildman–Crippen LogP) is 16.4. The lowest BCUT2D eigenvalue weighted by Gasteiger charge is -2.28. The molecule has 0 spiro atoms. The van der Waals surface area contributed by atoms with E-state index in [2.05, 4.69) is 241 Å². The number of anilines is 3. The second-order valence-corrected chi connectivity index (χ2v) is 15.3. The Hall–Kier alpha value is -7.74. The fraction of sp³-hybridized carbons (Fsp3) is 0. The van der Waals surface area contributed by atoms with Crippen LogP contribution in [0, 0.1) is 0 Å². The molecule has 0 unspecified atom stereocenters. The maximum absolute atomic E-state index is 2.42. The normalized spacial score (nSPS) is 11.4. The molecule has 0 aliphatic rings. The van der Waals surface area contributed by atoms with Gasteiger partial charge in [-0.1, -0.05) is 206 Å². The van der Waals surface area contributed by atoms with E-state index in [1.807, 2.05) is 0 Å². The lowest BCUT2D eigenvalue weighted by Crippen LogP contribution is -2.10. The van der Waals surface area contributed by atoms with E-state index in [9.17, 15) is 0 Å². The molecule has 0 heterocycles. The van der Waals surface area contributed by atoms with E-state index >= 15 is 0 Å². The van der Waals surface area contributed by atoms with Crippen molar-refractivity contribution in [2.45, 2.75) is 0 Å². The average Bonchev–Trinajstić information content (AvgIpc) is 3.32. The van der Waals surface area contributed by atoms with E-state index in [0.717, 1.165) is 17.1 Å². The van der Waals surface area contributed by atoms with Gasteiger partial charge >= 0.3 is 0 Å². The van der Waals surface area contributed by atoms with Gasteiger partial charge in [0.2, 0.25) is 0 Å². The van der Waals surface area contributed by atoms with Crippen molar-refractivity contribution in [1.29, 1.82) is 0 Å². The quantitative estimate of drug-likeness (QED) is 0.147. The van der Waals surface area contributed by atoms with E-state index in [1.165, 1.54) is 87.6 Å². The Balaban J connectivity index is 1.05. The van der Waals surface area contributed by atoms with E-state index < -0.39 is 0 Å². The summed E-state index contributed by atoms with van der Waals surface area (Å²) < 4.78 is 0. The van der Waals surface area contributed by atoms with Crippen LogP contribution in [0.15, 0.2) is 237 Å². The molecule has 276 valence electrons. The van der Waals surface area contributed by atoms with Crippen molar-refractivity contribution in [3.63, 3.8) is 0 Å². The topological polar surface area (TPSA) is 3.24 Å². The molecule has 0 N–H and O–H groups in total. The Kier molecular flexibility index (Phi) is 8.56. The summed E-state index contributed by atoms with van der Waals surface area (Å²) in [5.74, 6) is 0. The molecule has 0 aliphatic heterocycles. The Morgan fingerprint density at radius 3 is 1.41 bits per heavy atom. The van der Waals surface area contributed by atoms with Gasteiger partial charge in [0.15, 0.2) is 0 Å². The second kappa shape index (κ2) is 14.6. The van der Waals surface area contributed by atoms with Gasteiger partial charge in [0.25, 0.3) is 0 Å². The van der Waals surface area contributed by atoms with Gasteiger partial charge in [-0.05, 0) is 113 Å². The SMILES string of the molecule is c1ccc(-c2ccc(-c3ccc(N(c4cccc(-c5ccccc5)c4)c4ccc(-c5cccc6c5ccc5c7ccccc7ccc65)c5ccccc45)cc3)cc2)cc1. The molecule has 0 bridgehead atoms. The highest BCUT2D eigenvalue weighted by molar-refractivity contribution is 6.20. The molecule has 0 aliphatic carbocycles. The van der Waals surface area contributed by atoms with Gasteiger partial charge in [0.05, 0.1) is 5.69 Å². The van der Waals surface area contributed by atoms with Crippen molar-refractivity contribution in [2.24, 2.45) is 0 Å². The van der Waals surface area contributed by atoms with Gasteiger partial charge in [-0.2, -0.15) is 0 Å². The molecule has 0 amide bonds. The highest BCUT2D eigenvalue weighted by Gasteiger charge is 2.19. The Morgan fingerprint density at radius 1 is 0.220 bits per heavy atom. The summed E-state index contributed by atoms with van der Waals surface area (Å²) in [6.07, 6.45) is 0. The van der Waals surface area contributed by atoms with Crippen LogP contribution in [0.1, 0.15) is 0 Å². The first-order chi connectivity index (χ1) is 29.3. The third kappa shape index (κ3) is 6.21. The van der Waals surface area contributed by atoms with Crippen LogP contribution >= 0.6 is 0 Å². The minimum absolute atomic E-state index is 1.10. The fourth-order valence-electron chi connectivity index (χ4n) is 8.98. The van der Waals surface area contributed by atoms with Crippen molar-refractivity contribution < 1.29 is 0 Å². The van der Waals surface area contributed by atoms with Gasteiger partial charge in [-0.15, -0.1) is 0 Å². The van der Waals surface area contributed by atoms with Gasteiger partial charge in [-0.25, -0.2) is 0 Å². The van der Waals surface area contributed by atoms with E-state index in [0.29, 0.717) is 0 Å². The van der Waals surface area contributed by atoms with Crippen molar-refractivity contribution in [3.05, 3.63) is 237 Å². The number of hydrogen-bond donors (Lipinski definition) is 0. The summed E-state index contributed by atoms with van der Waals surface area (Å²) in [4.78, 5) is 2.42. The summed E-state index contributed by atoms with van der Waals surface area (Å²) >= 11 is 0. The van der Waals surface area contributed by atoms with Crippen LogP contribution in [0.3, 0.4) is 0 Å². The summed E-state index contributed by atoms with van der Waals surface area (Å²) in [5, 5.41) is 10.1. The van der Waals surface area contributed by atoms with Gasteiger partial charge in [-0.3, -0.25) is 0 Å². The molecule has 11 aromatic rings. The van der Waals surface area contributed by atoms with Crippen LogP contribution in [0.4, 0.5) is 17.1 Å². The molecule has 0 fully saturated rings. The Morgan fingerprint density at radius 2 is 0.678 bits per heavy atom. The van der Waals surface area contributed by atoms with Crippen LogP contribution < -0.4 is 4.90 Å². The fourth-order valence-corrected chi connectivity index (χ4v) is 8.98. The molecule has 0 saturated heterocycles. The zero-order valence-electron chi connectivity index (χ0n) is 32.5. The van der Waals surface area contributed by atoms with E-state index in [4.69, 9.17) is 0 Å². The zero-order chi connectivity index (χ0) is 39.1. The van der Waals surface area contributed by atoms with Gasteiger partial charge < -0.3 is 4.90 Å². The molecule has 1 nitrogen and oxygen atoms in total. The number of hydrogen-bond acceptors (Lipinski definition) is 1. The minimum Gasteiger partial charge on any atom is -0.310 e. The van der Waals surface area contributed by atoms with Crippen LogP contribution in [0.2, 0.25) is 0 Å². The molecule has 0 aromatic heterocycles.